The second-order valence-corrected chi connectivity index (χ2v) is 8.70. The smallest absolute Gasteiger partial charge is 0.253 e. The SMILES string of the molecule is O=C1CC2(CCN(C(=O)c3ccc4c(c3)OCCO4)CC2)Oc2ccc3ccccc3c21. The number of amides is 1. The van der Waals surface area contributed by atoms with Crippen molar-refractivity contribution in [2.75, 3.05) is 26.3 Å². The summed E-state index contributed by atoms with van der Waals surface area (Å²) in [7, 11) is 0. The van der Waals surface area contributed by atoms with Crippen LogP contribution in [0, 0.1) is 0 Å². The van der Waals surface area contributed by atoms with Gasteiger partial charge in [-0.3, -0.25) is 9.59 Å². The van der Waals surface area contributed by atoms with Crippen molar-refractivity contribution in [1.29, 1.82) is 0 Å². The Bertz CT molecular complexity index is 1240. The van der Waals surface area contributed by atoms with E-state index >= 15 is 0 Å². The molecule has 0 aromatic heterocycles. The van der Waals surface area contributed by atoms with Gasteiger partial charge in [0, 0.05) is 31.5 Å². The molecule has 0 unspecified atom stereocenters. The van der Waals surface area contributed by atoms with Crippen LogP contribution in [0.1, 0.15) is 40.0 Å². The first-order chi connectivity index (χ1) is 15.6. The van der Waals surface area contributed by atoms with Gasteiger partial charge < -0.3 is 19.1 Å². The third-order valence-electron chi connectivity index (χ3n) is 6.73. The normalized spacial score (nSPS) is 18.9. The molecule has 6 rings (SSSR count). The van der Waals surface area contributed by atoms with Crippen LogP contribution >= 0.6 is 0 Å². The van der Waals surface area contributed by atoms with Gasteiger partial charge in [0.25, 0.3) is 5.91 Å². The Morgan fingerprint density at radius 2 is 1.62 bits per heavy atom. The predicted octanol–water partition coefficient (Wildman–Crippen LogP) is 4.25. The van der Waals surface area contributed by atoms with Crippen LogP contribution in [0.2, 0.25) is 0 Å². The lowest BCUT2D eigenvalue weighted by Gasteiger charge is -2.44. The molecular weight excluding hydrogens is 406 g/mol. The lowest BCUT2D eigenvalue weighted by Crippen LogP contribution is -2.52. The summed E-state index contributed by atoms with van der Waals surface area (Å²) < 4.78 is 17.6. The fourth-order valence-electron chi connectivity index (χ4n) is 5.03. The second kappa shape index (κ2) is 7.26. The second-order valence-electron chi connectivity index (χ2n) is 8.70. The van der Waals surface area contributed by atoms with E-state index in [0.29, 0.717) is 73.9 Å². The molecule has 3 aliphatic rings. The van der Waals surface area contributed by atoms with Crippen LogP contribution in [-0.4, -0.2) is 48.5 Å². The van der Waals surface area contributed by atoms with Gasteiger partial charge in [-0.25, -0.2) is 0 Å². The van der Waals surface area contributed by atoms with E-state index in [2.05, 4.69) is 0 Å². The van der Waals surface area contributed by atoms with Crippen LogP contribution in [-0.2, 0) is 0 Å². The Hall–Kier alpha value is -3.54. The number of nitrogens with zero attached hydrogens (tertiary/aromatic N) is 1. The number of hydrogen-bond donors (Lipinski definition) is 0. The van der Waals surface area contributed by atoms with Crippen LogP contribution < -0.4 is 14.2 Å². The zero-order valence-corrected chi connectivity index (χ0v) is 17.6. The van der Waals surface area contributed by atoms with E-state index < -0.39 is 5.60 Å². The molecule has 0 radical (unpaired) electrons. The molecule has 0 bridgehead atoms. The van der Waals surface area contributed by atoms with Crippen molar-refractivity contribution in [3.63, 3.8) is 0 Å². The molecule has 6 heteroatoms. The minimum Gasteiger partial charge on any atom is -0.486 e. The summed E-state index contributed by atoms with van der Waals surface area (Å²) in [5.41, 5.74) is 0.724. The molecule has 0 saturated carbocycles. The number of rotatable bonds is 1. The Kier molecular flexibility index (Phi) is 4.35. The third-order valence-corrected chi connectivity index (χ3v) is 6.73. The number of hydrogen-bond acceptors (Lipinski definition) is 5. The summed E-state index contributed by atoms with van der Waals surface area (Å²) in [6.45, 7) is 2.10. The number of fused-ring (bicyclic) bond motifs is 4. The number of ketones is 1. The number of ether oxygens (including phenoxy) is 3. The molecule has 3 aromatic carbocycles. The third kappa shape index (κ3) is 3.09. The Morgan fingerprint density at radius 1 is 0.875 bits per heavy atom. The number of likely N-dealkylation sites (tertiary alicyclic amines) is 1. The lowest BCUT2D eigenvalue weighted by atomic mass is 9.81. The molecule has 0 aliphatic carbocycles. The quantitative estimate of drug-likeness (QED) is 0.579. The highest BCUT2D eigenvalue weighted by Gasteiger charge is 2.44. The fraction of sp³-hybridized carbons (Fsp3) is 0.308. The van der Waals surface area contributed by atoms with Gasteiger partial charge in [0.15, 0.2) is 17.3 Å². The molecular formula is C26H23NO5. The molecule has 1 fully saturated rings. The maximum absolute atomic E-state index is 13.2. The van der Waals surface area contributed by atoms with E-state index in [-0.39, 0.29) is 11.7 Å². The first-order valence-electron chi connectivity index (χ1n) is 11.0. The molecule has 0 N–H and O–H groups in total. The highest BCUT2D eigenvalue weighted by molar-refractivity contribution is 6.11. The van der Waals surface area contributed by atoms with Crippen molar-refractivity contribution in [3.05, 3.63) is 65.7 Å². The zero-order chi connectivity index (χ0) is 21.7. The van der Waals surface area contributed by atoms with Crippen LogP contribution in [0.25, 0.3) is 10.8 Å². The average molecular weight is 429 g/mol. The predicted molar refractivity (Wildman–Crippen MR) is 119 cm³/mol. The zero-order valence-electron chi connectivity index (χ0n) is 17.6. The van der Waals surface area contributed by atoms with E-state index in [1.54, 1.807) is 18.2 Å². The highest BCUT2D eigenvalue weighted by atomic mass is 16.6. The molecule has 1 spiro atoms. The van der Waals surface area contributed by atoms with Gasteiger partial charge in [-0.05, 0) is 35.0 Å². The van der Waals surface area contributed by atoms with E-state index in [9.17, 15) is 9.59 Å². The summed E-state index contributed by atoms with van der Waals surface area (Å²) in [5.74, 6) is 2.03. The summed E-state index contributed by atoms with van der Waals surface area (Å²) in [5, 5.41) is 1.98. The first-order valence-corrected chi connectivity index (χ1v) is 11.0. The number of Topliss-reactive ketones (excluding diaryl/α,β-unsaturated/α-hetero) is 1. The maximum atomic E-state index is 13.2. The molecule has 3 aliphatic heterocycles. The first kappa shape index (κ1) is 19.2. The van der Waals surface area contributed by atoms with Gasteiger partial charge in [0.2, 0.25) is 0 Å². The molecule has 3 heterocycles. The monoisotopic (exact) mass is 429 g/mol. The number of carbonyl (C=O) groups excluding carboxylic acids is 2. The minimum absolute atomic E-state index is 0.0367. The summed E-state index contributed by atoms with van der Waals surface area (Å²) in [6, 6.07) is 17.1. The number of carbonyl (C=O) groups is 2. The topological polar surface area (TPSA) is 65.1 Å². The highest BCUT2D eigenvalue weighted by Crippen LogP contribution is 2.42. The van der Waals surface area contributed by atoms with Crippen molar-refractivity contribution >= 4 is 22.5 Å². The van der Waals surface area contributed by atoms with Crippen molar-refractivity contribution in [1.82, 2.24) is 4.90 Å². The summed E-state index contributed by atoms with van der Waals surface area (Å²) >= 11 is 0. The largest absolute Gasteiger partial charge is 0.486 e. The van der Waals surface area contributed by atoms with Crippen molar-refractivity contribution in [3.8, 4) is 17.2 Å². The van der Waals surface area contributed by atoms with Crippen molar-refractivity contribution in [2.45, 2.75) is 24.9 Å². The maximum Gasteiger partial charge on any atom is 0.253 e. The van der Waals surface area contributed by atoms with Gasteiger partial charge in [0.05, 0.1) is 12.0 Å². The van der Waals surface area contributed by atoms with Crippen LogP contribution in [0.4, 0.5) is 0 Å². The summed E-state index contributed by atoms with van der Waals surface area (Å²) in [4.78, 5) is 28.1. The molecule has 1 amide bonds. The van der Waals surface area contributed by atoms with Gasteiger partial charge in [-0.15, -0.1) is 0 Å². The average Bonchev–Trinajstić information content (AvgIpc) is 2.83. The molecule has 32 heavy (non-hydrogen) atoms. The minimum atomic E-state index is -0.546. The molecule has 6 nitrogen and oxygen atoms in total. The lowest BCUT2D eigenvalue weighted by molar-refractivity contribution is -0.00547. The molecule has 0 atom stereocenters. The van der Waals surface area contributed by atoms with Gasteiger partial charge >= 0.3 is 0 Å². The van der Waals surface area contributed by atoms with Crippen LogP contribution in [0.3, 0.4) is 0 Å². The van der Waals surface area contributed by atoms with E-state index in [4.69, 9.17) is 14.2 Å². The number of benzene rings is 3. The van der Waals surface area contributed by atoms with E-state index in [0.717, 1.165) is 10.8 Å². The Balaban J connectivity index is 1.20. The number of piperidine rings is 1. The molecule has 1 saturated heterocycles. The van der Waals surface area contributed by atoms with Gasteiger partial charge in [-0.2, -0.15) is 0 Å². The van der Waals surface area contributed by atoms with Gasteiger partial charge in [0.1, 0.15) is 24.6 Å². The van der Waals surface area contributed by atoms with Gasteiger partial charge in [-0.1, -0.05) is 30.3 Å². The standard InChI is InChI=1S/C26H23NO5/c28-20-16-26(32-22-8-5-17-3-1-2-4-19(17)24(20)22)9-11-27(12-10-26)25(29)18-6-7-21-23(15-18)31-14-13-30-21/h1-8,15H,9-14,16H2. The summed E-state index contributed by atoms with van der Waals surface area (Å²) in [6.07, 6.45) is 1.60. The van der Waals surface area contributed by atoms with Crippen molar-refractivity contribution in [2.24, 2.45) is 0 Å². The molecule has 3 aromatic rings. The Labute approximate surface area is 185 Å². The van der Waals surface area contributed by atoms with Crippen LogP contribution in [0.5, 0.6) is 17.2 Å². The molecule has 162 valence electrons. The van der Waals surface area contributed by atoms with E-state index in [1.165, 1.54) is 0 Å². The fourth-order valence-corrected chi connectivity index (χ4v) is 5.03. The van der Waals surface area contributed by atoms with Crippen molar-refractivity contribution < 1.29 is 23.8 Å². The van der Waals surface area contributed by atoms with Crippen LogP contribution in [0.15, 0.2) is 54.6 Å². The van der Waals surface area contributed by atoms with E-state index in [1.807, 2.05) is 41.3 Å². The Morgan fingerprint density at radius 3 is 2.47 bits per heavy atom.